The lowest BCUT2D eigenvalue weighted by Crippen LogP contribution is -2.18. The van der Waals surface area contributed by atoms with E-state index in [0.717, 1.165) is 31.1 Å². The van der Waals surface area contributed by atoms with Crippen molar-refractivity contribution in [1.82, 2.24) is 9.88 Å². The van der Waals surface area contributed by atoms with Crippen LogP contribution in [0.3, 0.4) is 0 Å². The van der Waals surface area contributed by atoms with E-state index in [0.29, 0.717) is 5.15 Å². The molecule has 76 valence electrons. The Morgan fingerprint density at radius 1 is 1.64 bits per heavy atom. The summed E-state index contributed by atoms with van der Waals surface area (Å²) < 4.78 is 13.0. The average Bonchev–Trinajstić information content (AvgIpc) is 2.56. The summed E-state index contributed by atoms with van der Waals surface area (Å²) in [5, 5.41) is 0.421. The monoisotopic (exact) mass is 214 g/mol. The minimum atomic E-state index is -0.315. The van der Waals surface area contributed by atoms with Gasteiger partial charge in [-0.2, -0.15) is 0 Å². The van der Waals surface area contributed by atoms with Crippen molar-refractivity contribution in [2.45, 2.75) is 18.9 Å². The van der Waals surface area contributed by atoms with E-state index < -0.39 is 0 Å². The third-order valence-electron chi connectivity index (χ3n) is 2.71. The molecular formula is C10H12ClFN2. The van der Waals surface area contributed by atoms with Gasteiger partial charge in [0.05, 0.1) is 6.20 Å². The predicted octanol–water partition coefficient (Wildman–Crippen LogP) is 2.64. The van der Waals surface area contributed by atoms with Gasteiger partial charge >= 0.3 is 0 Å². The molecule has 1 aromatic heterocycles. The van der Waals surface area contributed by atoms with E-state index in [1.165, 1.54) is 6.07 Å². The second kappa shape index (κ2) is 3.83. The van der Waals surface area contributed by atoms with Gasteiger partial charge < -0.3 is 0 Å². The Balaban J connectivity index is 2.34. The van der Waals surface area contributed by atoms with E-state index in [1.807, 2.05) is 7.05 Å². The van der Waals surface area contributed by atoms with E-state index in [1.54, 1.807) is 0 Å². The normalized spacial score (nSPS) is 22.9. The van der Waals surface area contributed by atoms with Crippen molar-refractivity contribution in [3.8, 4) is 0 Å². The molecule has 1 unspecified atom stereocenters. The molecule has 14 heavy (non-hydrogen) atoms. The number of halogens is 2. The fourth-order valence-electron chi connectivity index (χ4n) is 1.98. The van der Waals surface area contributed by atoms with Gasteiger partial charge in [0.15, 0.2) is 0 Å². The maximum absolute atomic E-state index is 13.0. The zero-order valence-corrected chi connectivity index (χ0v) is 8.76. The van der Waals surface area contributed by atoms with Crippen molar-refractivity contribution in [1.29, 1.82) is 0 Å². The first-order chi connectivity index (χ1) is 6.68. The van der Waals surface area contributed by atoms with Crippen LogP contribution >= 0.6 is 11.6 Å². The van der Waals surface area contributed by atoms with Gasteiger partial charge in [0, 0.05) is 11.6 Å². The molecule has 0 radical (unpaired) electrons. The minimum Gasteiger partial charge on any atom is -0.299 e. The Morgan fingerprint density at radius 2 is 2.43 bits per heavy atom. The molecule has 1 saturated heterocycles. The SMILES string of the molecule is CN1CCCC1c1cc(F)cnc1Cl. The lowest BCUT2D eigenvalue weighted by Gasteiger charge is -2.20. The largest absolute Gasteiger partial charge is 0.299 e. The third kappa shape index (κ3) is 1.74. The van der Waals surface area contributed by atoms with Crippen LogP contribution in [0.5, 0.6) is 0 Å². The highest BCUT2D eigenvalue weighted by Crippen LogP contribution is 2.33. The highest BCUT2D eigenvalue weighted by Gasteiger charge is 2.25. The molecule has 0 spiro atoms. The molecule has 0 aromatic carbocycles. The summed E-state index contributed by atoms with van der Waals surface area (Å²) in [6, 6.07) is 1.72. The number of hydrogen-bond acceptors (Lipinski definition) is 2. The van der Waals surface area contributed by atoms with Crippen molar-refractivity contribution < 1.29 is 4.39 Å². The Bertz CT molecular complexity index is 343. The van der Waals surface area contributed by atoms with Gasteiger partial charge in [0.1, 0.15) is 11.0 Å². The van der Waals surface area contributed by atoms with Crippen LogP contribution in [0.4, 0.5) is 4.39 Å². The van der Waals surface area contributed by atoms with E-state index in [9.17, 15) is 4.39 Å². The highest BCUT2D eigenvalue weighted by molar-refractivity contribution is 6.30. The van der Waals surface area contributed by atoms with E-state index in [4.69, 9.17) is 11.6 Å². The molecule has 1 aromatic rings. The van der Waals surface area contributed by atoms with Crippen LogP contribution in [0.25, 0.3) is 0 Å². The van der Waals surface area contributed by atoms with Crippen molar-refractivity contribution >= 4 is 11.6 Å². The summed E-state index contributed by atoms with van der Waals surface area (Å²) in [7, 11) is 2.03. The fraction of sp³-hybridized carbons (Fsp3) is 0.500. The maximum Gasteiger partial charge on any atom is 0.141 e. The molecule has 1 fully saturated rings. The van der Waals surface area contributed by atoms with Crippen molar-refractivity contribution in [2.75, 3.05) is 13.6 Å². The second-order valence-corrected chi connectivity index (χ2v) is 4.03. The Labute approximate surface area is 87.7 Å². The Hall–Kier alpha value is -0.670. The van der Waals surface area contributed by atoms with E-state index in [2.05, 4.69) is 9.88 Å². The number of aromatic nitrogens is 1. The number of rotatable bonds is 1. The number of pyridine rings is 1. The summed E-state index contributed by atoms with van der Waals surface area (Å²) in [4.78, 5) is 6.00. The molecule has 0 N–H and O–H groups in total. The minimum absolute atomic E-state index is 0.227. The van der Waals surface area contributed by atoms with Crippen molar-refractivity contribution in [2.24, 2.45) is 0 Å². The van der Waals surface area contributed by atoms with Gasteiger partial charge in [0.25, 0.3) is 0 Å². The standard InChI is InChI=1S/C10H12ClFN2/c1-14-4-2-3-9(14)8-5-7(12)6-13-10(8)11/h5-6,9H,2-4H2,1H3. The van der Waals surface area contributed by atoms with Crippen molar-refractivity contribution in [3.05, 3.63) is 28.8 Å². The molecule has 1 aliphatic heterocycles. The third-order valence-corrected chi connectivity index (χ3v) is 3.03. The summed E-state index contributed by atoms with van der Waals surface area (Å²) >= 11 is 5.94. The molecule has 2 nitrogen and oxygen atoms in total. The van der Waals surface area contributed by atoms with Gasteiger partial charge in [-0.3, -0.25) is 4.90 Å². The molecule has 2 heterocycles. The first-order valence-electron chi connectivity index (χ1n) is 4.69. The van der Waals surface area contributed by atoms with Gasteiger partial charge in [0.2, 0.25) is 0 Å². The molecule has 0 aliphatic carbocycles. The molecular weight excluding hydrogens is 203 g/mol. The lowest BCUT2D eigenvalue weighted by atomic mass is 10.1. The van der Waals surface area contributed by atoms with Crippen LogP contribution < -0.4 is 0 Å². The summed E-state index contributed by atoms with van der Waals surface area (Å²) in [5.74, 6) is -0.315. The van der Waals surface area contributed by atoms with E-state index >= 15 is 0 Å². The van der Waals surface area contributed by atoms with Gasteiger partial charge in [-0.1, -0.05) is 11.6 Å². The molecule has 1 atom stereocenters. The van der Waals surface area contributed by atoms with Gasteiger partial charge in [-0.05, 0) is 32.5 Å². The topological polar surface area (TPSA) is 16.1 Å². The van der Waals surface area contributed by atoms with Crippen LogP contribution in [0.15, 0.2) is 12.3 Å². The zero-order valence-electron chi connectivity index (χ0n) is 8.00. The Morgan fingerprint density at radius 3 is 3.07 bits per heavy atom. The molecule has 0 saturated carbocycles. The Kier molecular flexibility index (Phi) is 2.70. The molecule has 0 bridgehead atoms. The number of likely N-dealkylation sites (tertiary alicyclic amines) is 1. The van der Waals surface area contributed by atoms with Crippen LogP contribution in [0.1, 0.15) is 24.4 Å². The average molecular weight is 215 g/mol. The van der Waals surface area contributed by atoms with E-state index in [-0.39, 0.29) is 11.9 Å². The van der Waals surface area contributed by atoms with Gasteiger partial charge in [-0.25, -0.2) is 9.37 Å². The number of hydrogen-bond donors (Lipinski definition) is 0. The predicted molar refractivity (Wildman–Crippen MR) is 53.8 cm³/mol. The second-order valence-electron chi connectivity index (χ2n) is 3.67. The van der Waals surface area contributed by atoms with Crippen molar-refractivity contribution in [3.63, 3.8) is 0 Å². The van der Waals surface area contributed by atoms with Gasteiger partial charge in [-0.15, -0.1) is 0 Å². The summed E-state index contributed by atoms with van der Waals surface area (Å²) in [6.07, 6.45) is 3.32. The molecule has 1 aliphatic rings. The fourth-order valence-corrected chi connectivity index (χ4v) is 2.20. The van der Waals surface area contributed by atoms with Crippen LogP contribution in [-0.2, 0) is 0 Å². The molecule has 4 heteroatoms. The molecule has 2 rings (SSSR count). The zero-order chi connectivity index (χ0) is 10.1. The first kappa shape index (κ1) is 9.87. The maximum atomic E-state index is 13.0. The van der Waals surface area contributed by atoms with Crippen LogP contribution in [0, 0.1) is 5.82 Å². The molecule has 0 amide bonds. The quantitative estimate of drug-likeness (QED) is 0.669. The lowest BCUT2D eigenvalue weighted by molar-refractivity contribution is 0.316. The number of nitrogens with zero attached hydrogens (tertiary/aromatic N) is 2. The summed E-state index contributed by atoms with van der Waals surface area (Å²) in [6.45, 7) is 1.04. The van der Waals surface area contributed by atoms with Crippen LogP contribution in [0.2, 0.25) is 5.15 Å². The smallest absolute Gasteiger partial charge is 0.141 e. The first-order valence-corrected chi connectivity index (χ1v) is 5.07. The van der Waals surface area contributed by atoms with Crippen LogP contribution in [-0.4, -0.2) is 23.5 Å². The summed E-state index contributed by atoms with van der Waals surface area (Å²) in [5.41, 5.74) is 0.812. The highest BCUT2D eigenvalue weighted by atomic mass is 35.5.